The molecule has 0 saturated heterocycles. The van der Waals surface area contributed by atoms with Crippen LogP contribution < -0.4 is 0 Å². The normalized spacial score (nSPS) is 11.5. The molecule has 0 saturated carbocycles. The van der Waals surface area contributed by atoms with E-state index in [-0.39, 0.29) is 16.9 Å². The minimum atomic E-state index is -4.63. The van der Waals surface area contributed by atoms with Crippen molar-refractivity contribution in [2.75, 3.05) is 0 Å². The highest BCUT2D eigenvalue weighted by Crippen LogP contribution is 2.32. The monoisotopic (exact) mass is 243 g/mol. The fourth-order valence-corrected chi connectivity index (χ4v) is 1.27. The molecule has 0 amide bonds. The first kappa shape index (κ1) is 11.3. The number of hydrogen-bond donors (Lipinski definition) is 0. The van der Waals surface area contributed by atoms with Gasteiger partial charge in [-0.3, -0.25) is 4.79 Å². The molecule has 0 N–H and O–H groups in total. The van der Waals surface area contributed by atoms with Crippen LogP contribution >= 0.6 is 23.2 Å². The van der Waals surface area contributed by atoms with Gasteiger partial charge in [0.1, 0.15) is 10.8 Å². The smallest absolute Gasteiger partial charge is 0.298 e. The third-order valence-corrected chi connectivity index (χ3v) is 1.97. The number of rotatable bonds is 1. The maximum atomic E-state index is 12.1. The first-order chi connectivity index (χ1) is 6.36. The molecule has 14 heavy (non-hydrogen) atoms. The molecule has 76 valence electrons. The van der Waals surface area contributed by atoms with Crippen molar-refractivity contribution in [2.24, 2.45) is 0 Å². The molecular formula is C7H2Cl2F3NO. The standard InChI is InChI=1S/C7H2Cl2F3NO/c8-4-1-5(7(10,11)12)13-6(9)3(4)2-14/h1-2H. The molecule has 0 fully saturated rings. The second kappa shape index (κ2) is 3.74. The highest BCUT2D eigenvalue weighted by atomic mass is 35.5. The van der Waals surface area contributed by atoms with Gasteiger partial charge in [0.25, 0.3) is 0 Å². The molecule has 1 aromatic heterocycles. The summed E-state index contributed by atoms with van der Waals surface area (Å²) < 4.78 is 36.3. The lowest BCUT2D eigenvalue weighted by atomic mass is 10.2. The van der Waals surface area contributed by atoms with E-state index >= 15 is 0 Å². The van der Waals surface area contributed by atoms with Gasteiger partial charge >= 0.3 is 6.18 Å². The lowest BCUT2D eigenvalue weighted by molar-refractivity contribution is -0.141. The molecule has 0 aliphatic heterocycles. The molecule has 0 spiro atoms. The van der Waals surface area contributed by atoms with Crippen molar-refractivity contribution >= 4 is 29.5 Å². The largest absolute Gasteiger partial charge is 0.433 e. The molecular weight excluding hydrogens is 242 g/mol. The van der Waals surface area contributed by atoms with Crippen molar-refractivity contribution in [3.05, 3.63) is 27.5 Å². The Kier molecular flexibility index (Phi) is 3.01. The van der Waals surface area contributed by atoms with E-state index in [0.29, 0.717) is 6.07 Å². The Morgan fingerprint density at radius 1 is 1.36 bits per heavy atom. The molecule has 1 heterocycles. The summed E-state index contributed by atoms with van der Waals surface area (Å²) in [5.41, 5.74) is -1.47. The summed E-state index contributed by atoms with van der Waals surface area (Å²) in [5.74, 6) is 0. The summed E-state index contributed by atoms with van der Waals surface area (Å²) in [4.78, 5) is 13.3. The zero-order valence-corrected chi connectivity index (χ0v) is 7.91. The van der Waals surface area contributed by atoms with Crippen LogP contribution in [0.25, 0.3) is 0 Å². The van der Waals surface area contributed by atoms with E-state index in [9.17, 15) is 18.0 Å². The molecule has 0 aromatic carbocycles. The number of nitrogens with zero attached hydrogens (tertiary/aromatic N) is 1. The van der Waals surface area contributed by atoms with Crippen molar-refractivity contribution in [2.45, 2.75) is 6.18 Å². The van der Waals surface area contributed by atoms with E-state index in [2.05, 4.69) is 4.98 Å². The van der Waals surface area contributed by atoms with Gasteiger partial charge in [-0.05, 0) is 6.07 Å². The Morgan fingerprint density at radius 3 is 2.29 bits per heavy atom. The number of halogens is 5. The Balaban J connectivity index is 3.35. The molecule has 1 rings (SSSR count). The van der Waals surface area contributed by atoms with Crippen molar-refractivity contribution in [1.29, 1.82) is 0 Å². The Morgan fingerprint density at radius 2 is 1.93 bits per heavy atom. The van der Waals surface area contributed by atoms with Crippen LogP contribution in [-0.4, -0.2) is 11.3 Å². The van der Waals surface area contributed by atoms with Crippen LogP contribution in [0.3, 0.4) is 0 Å². The summed E-state index contributed by atoms with van der Waals surface area (Å²) in [6, 6.07) is 0.553. The van der Waals surface area contributed by atoms with E-state index in [1.54, 1.807) is 0 Å². The van der Waals surface area contributed by atoms with Gasteiger partial charge in [0.15, 0.2) is 6.29 Å². The molecule has 0 unspecified atom stereocenters. The van der Waals surface area contributed by atoms with Gasteiger partial charge in [-0.1, -0.05) is 23.2 Å². The number of hydrogen-bond acceptors (Lipinski definition) is 2. The fraction of sp³-hybridized carbons (Fsp3) is 0.143. The second-order valence-corrected chi connectivity index (χ2v) is 3.07. The van der Waals surface area contributed by atoms with E-state index in [1.165, 1.54) is 0 Å². The first-order valence-electron chi connectivity index (χ1n) is 3.24. The third-order valence-electron chi connectivity index (χ3n) is 1.37. The van der Waals surface area contributed by atoms with Crippen LogP contribution in [0.15, 0.2) is 6.07 Å². The van der Waals surface area contributed by atoms with Crippen LogP contribution in [0.2, 0.25) is 10.2 Å². The van der Waals surface area contributed by atoms with Crippen LogP contribution in [0.5, 0.6) is 0 Å². The van der Waals surface area contributed by atoms with Crippen molar-refractivity contribution in [1.82, 2.24) is 4.98 Å². The van der Waals surface area contributed by atoms with Gasteiger partial charge in [0.2, 0.25) is 0 Å². The molecule has 0 atom stereocenters. The number of carbonyl (C=O) groups excluding carboxylic acids is 1. The molecule has 7 heteroatoms. The quantitative estimate of drug-likeness (QED) is 0.560. The summed E-state index contributed by atoms with van der Waals surface area (Å²) in [5, 5.41) is -0.924. The summed E-state index contributed by atoms with van der Waals surface area (Å²) in [7, 11) is 0. The highest BCUT2D eigenvalue weighted by molar-refractivity contribution is 6.37. The lowest BCUT2D eigenvalue weighted by Crippen LogP contribution is -2.09. The van der Waals surface area contributed by atoms with Gasteiger partial charge in [0, 0.05) is 0 Å². The van der Waals surface area contributed by atoms with Crippen LogP contribution in [0, 0.1) is 0 Å². The second-order valence-electron chi connectivity index (χ2n) is 2.31. The molecule has 0 radical (unpaired) electrons. The van der Waals surface area contributed by atoms with E-state index in [0.717, 1.165) is 0 Å². The zero-order valence-electron chi connectivity index (χ0n) is 6.40. The van der Waals surface area contributed by atoms with Crippen molar-refractivity contribution in [3.63, 3.8) is 0 Å². The van der Waals surface area contributed by atoms with Crippen LogP contribution in [-0.2, 0) is 6.18 Å². The molecule has 0 aliphatic rings. The predicted octanol–water partition coefficient (Wildman–Crippen LogP) is 3.22. The third kappa shape index (κ3) is 2.16. The van der Waals surface area contributed by atoms with Crippen molar-refractivity contribution < 1.29 is 18.0 Å². The number of aromatic nitrogens is 1. The maximum absolute atomic E-state index is 12.1. The minimum Gasteiger partial charge on any atom is -0.298 e. The predicted molar refractivity (Wildman–Crippen MR) is 44.6 cm³/mol. The maximum Gasteiger partial charge on any atom is 0.433 e. The minimum absolute atomic E-state index is 0.248. The van der Waals surface area contributed by atoms with Crippen molar-refractivity contribution in [3.8, 4) is 0 Å². The molecule has 0 bridgehead atoms. The van der Waals surface area contributed by atoms with Gasteiger partial charge in [-0.25, -0.2) is 4.98 Å². The summed E-state index contributed by atoms with van der Waals surface area (Å²) in [6.07, 6.45) is -4.38. The van der Waals surface area contributed by atoms with Gasteiger partial charge in [-0.15, -0.1) is 0 Å². The number of alkyl halides is 3. The number of carbonyl (C=O) groups is 1. The van der Waals surface area contributed by atoms with Gasteiger partial charge < -0.3 is 0 Å². The average molecular weight is 244 g/mol. The summed E-state index contributed by atoms with van der Waals surface area (Å²) in [6.45, 7) is 0. The fourth-order valence-electron chi connectivity index (χ4n) is 0.745. The van der Waals surface area contributed by atoms with E-state index < -0.39 is 17.0 Å². The number of pyridine rings is 1. The molecule has 2 nitrogen and oxygen atoms in total. The molecule has 1 aromatic rings. The Hall–Kier alpha value is -0.810. The number of aldehydes is 1. The first-order valence-corrected chi connectivity index (χ1v) is 4.00. The van der Waals surface area contributed by atoms with Gasteiger partial charge in [-0.2, -0.15) is 13.2 Å². The van der Waals surface area contributed by atoms with Gasteiger partial charge in [0.05, 0.1) is 10.6 Å². The average Bonchev–Trinajstić information content (AvgIpc) is 2.01. The Bertz CT molecular complexity index is 355. The van der Waals surface area contributed by atoms with Crippen LogP contribution in [0.1, 0.15) is 16.1 Å². The topological polar surface area (TPSA) is 30.0 Å². The SMILES string of the molecule is O=Cc1c(Cl)cc(C(F)(F)F)nc1Cl. The molecule has 0 aliphatic carbocycles. The lowest BCUT2D eigenvalue weighted by Gasteiger charge is -2.07. The summed E-state index contributed by atoms with van der Waals surface area (Å²) >= 11 is 10.7. The van der Waals surface area contributed by atoms with E-state index in [1.807, 2.05) is 0 Å². The van der Waals surface area contributed by atoms with Crippen LogP contribution in [0.4, 0.5) is 13.2 Å². The Labute approximate surface area is 86.6 Å². The zero-order chi connectivity index (χ0) is 10.9. The van der Waals surface area contributed by atoms with E-state index in [4.69, 9.17) is 23.2 Å². The highest BCUT2D eigenvalue weighted by Gasteiger charge is 2.33.